The summed E-state index contributed by atoms with van der Waals surface area (Å²) >= 11 is 0. The molecule has 0 fully saturated rings. The van der Waals surface area contributed by atoms with Crippen LogP contribution in [0.1, 0.15) is 30.2 Å². The van der Waals surface area contributed by atoms with E-state index in [0.717, 1.165) is 5.56 Å². The van der Waals surface area contributed by atoms with Gasteiger partial charge in [-0.1, -0.05) is 38.1 Å². The molecular weight excluding hydrogens is 501 g/mol. The first-order valence-corrected chi connectivity index (χ1v) is 13.0. The fourth-order valence-electron chi connectivity index (χ4n) is 4.09. The number of hydrogen-bond acceptors (Lipinski definition) is 7. The topological polar surface area (TPSA) is 111 Å². The highest BCUT2D eigenvalue weighted by atomic mass is 32.2. The molecule has 3 aromatic rings. The molecule has 37 heavy (non-hydrogen) atoms. The van der Waals surface area contributed by atoms with Crippen molar-refractivity contribution in [2.75, 3.05) is 14.2 Å². The fraction of sp³-hybridized carbons (Fsp3) is 0.296. The Balaban J connectivity index is 2.01. The molecular formula is C27H30FNO7S. The zero-order chi connectivity index (χ0) is 27.2. The molecule has 0 heterocycles. The monoisotopic (exact) mass is 531 g/mol. The lowest BCUT2D eigenvalue weighted by atomic mass is 9.88. The first-order valence-electron chi connectivity index (χ1n) is 11.5. The first kappa shape index (κ1) is 27.9. The van der Waals surface area contributed by atoms with Crippen molar-refractivity contribution in [1.29, 1.82) is 0 Å². The Bertz CT molecular complexity index is 1310. The molecule has 2 atom stereocenters. The summed E-state index contributed by atoms with van der Waals surface area (Å²) < 4.78 is 57.3. The number of benzene rings is 3. The maximum absolute atomic E-state index is 14.0. The Hall–Kier alpha value is -3.63. The summed E-state index contributed by atoms with van der Waals surface area (Å²) in [5.74, 6) is -1.69. The number of methoxy groups -OCH3 is 2. The smallest absolute Gasteiger partial charge is 0.248 e. The van der Waals surface area contributed by atoms with Crippen LogP contribution in [0.5, 0.6) is 17.2 Å². The number of hydroxylamine groups is 1. The third-order valence-corrected chi connectivity index (χ3v) is 8.15. The quantitative estimate of drug-likeness (QED) is 0.272. The highest BCUT2D eigenvalue weighted by Gasteiger charge is 2.42. The number of carbonyl (C=O) groups is 1. The van der Waals surface area contributed by atoms with Crippen LogP contribution in [0.4, 0.5) is 4.39 Å². The summed E-state index contributed by atoms with van der Waals surface area (Å²) in [5.41, 5.74) is 2.72. The molecule has 0 aromatic heterocycles. The summed E-state index contributed by atoms with van der Waals surface area (Å²) in [6.45, 7) is 3.60. The SMILES string of the molecule is COc1ccc(S(=O)(=O)C(c2ccc(OCc3ccc(F)cc3)cc2)C(C(=O)NO)C(C)C)cc1OC. The minimum Gasteiger partial charge on any atom is -0.493 e. The summed E-state index contributed by atoms with van der Waals surface area (Å²) in [4.78, 5) is 12.6. The van der Waals surface area contributed by atoms with Crippen molar-refractivity contribution in [3.63, 3.8) is 0 Å². The van der Waals surface area contributed by atoms with E-state index in [-0.39, 0.29) is 23.1 Å². The predicted molar refractivity (Wildman–Crippen MR) is 135 cm³/mol. The second kappa shape index (κ2) is 12.1. The van der Waals surface area contributed by atoms with E-state index in [1.165, 1.54) is 44.6 Å². The van der Waals surface area contributed by atoms with Crippen LogP contribution in [0.15, 0.2) is 71.6 Å². The molecule has 0 aliphatic heterocycles. The zero-order valence-electron chi connectivity index (χ0n) is 21.0. The van der Waals surface area contributed by atoms with Crippen molar-refractivity contribution in [2.24, 2.45) is 11.8 Å². The number of hydrogen-bond donors (Lipinski definition) is 2. The molecule has 0 saturated carbocycles. The van der Waals surface area contributed by atoms with E-state index < -0.39 is 32.8 Å². The van der Waals surface area contributed by atoms with Crippen LogP contribution in [-0.4, -0.2) is 33.8 Å². The van der Waals surface area contributed by atoms with Crippen LogP contribution in [-0.2, 0) is 21.2 Å². The van der Waals surface area contributed by atoms with Crippen LogP contribution in [0.3, 0.4) is 0 Å². The van der Waals surface area contributed by atoms with Crippen molar-refractivity contribution >= 4 is 15.7 Å². The average molecular weight is 532 g/mol. The van der Waals surface area contributed by atoms with E-state index in [1.807, 2.05) is 0 Å². The van der Waals surface area contributed by atoms with E-state index in [2.05, 4.69) is 0 Å². The number of halogens is 1. The molecule has 0 saturated heterocycles. The lowest BCUT2D eigenvalue weighted by Gasteiger charge is -2.29. The number of nitrogens with one attached hydrogen (secondary N) is 1. The van der Waals surface area contributed by atoms with Gasteiger partial charge in [-0.15, -0.1) is 0 Å². The Morgan fingerprint density at radius 1 is 0.946 bits per heavy atom. The van der Waals surface area contributed by atoms with E-state index in [4.69, 9.17) is 14.2 Å². The van der Waals surface area contributed by atoms with Gasteiger partial charge in [-0.25, -0.2) is 18.3 Å². The predicted octanol–water partition coefficient (Wildman–Crippen LogP) is 4.71. The van der Waals surface area contributed by atoms with Crippen molar-refractivity contribution in [1.82, 2.24) is 5.48 Å². The lowest BCUT2D eigenvalue weighted by Crippen LogP contribution is -2.38. The van der Waals surface area contributed by atoms with Crippen molar-refractivity contribution < 1.29 is 37.0 Å². The van der Waals surface area contributed by atoms with Gasteiger partial charge in [0.25, 0.3) is 0 Å². The van der Waals surface area contributed by atoms with Gasteiger partial charge in [-0.2, -0.15) is 0 Å². The van der Waals surface area contributed by atoms with E-state index in [9.17, 15) is 22.8 Å². The largest absolute Gasteiger partial charge is 0.493 e. The zero-order valence-corrected chi connectivity index (χ0v) is 21.8. The van der Waals surface area contributed by atoms with Crippen molar-refractivity contribution in [3.05, 3.63) is 83.7 Å². The summed E-state index contributed by atoms with van der Waals surface area (Å²) in [7, 11) is -1.33. The third-order valence-electron chi connectivity index (χ3n) is 6.00. The Labute approximate surface area is 215 Å². The van der Waals surface area contributed by atoms with Crippen LogP contribution in [0.25, 0.3) is 0 Å². The van der Waals surface area contributed by atoms with E-state index in [0.29, 0.717) is 17.1 Å². The molecule has 0 radical (unpaired) electrons. The summed E-state index contributed by atoms with van der Waals surface area (Å²) in [6.07, 6.45) is 0. The van der Waals surface area contributed by atoms with Gasteiger partial charge < -0.3 is 14.2 Å². The normalized spacial score (nSPS) is 13.1. The van der Waals surface area contributed by atoms with Crippen LogP contribution >= 0.6 is 0 Å². The Kier molecular flexibility index (Phi) is 9.12. The number of ether oxygens (including phenoxy) is 3. The minimum absolute atomic E-state index is 0.0665. The number of amides is 1. The van der Waals surface area contributed by atoms with Gasteiger partial charge in [0, 0.05) is 6.07 Å². The standard InChI is InChI=1S/C27H30FNO7S/c1-17(2)25(27(30)29-31)26(37(32,33)22-13-14-23(34-3)24(15-22)35-4)19-7-11-21(12-8-19)36-16-18-5-9-20(28)10-6-18/h5-15,17,25-26,31H,16H2,1-4H3,(H,29,30). The fourth-order valence-corrected chi connectivity index (χ4v) is 6.25. The van der Waals surface area contributed by atoms with E-state index in [1.54, 1.807) is 55.7 Å². The molecule has 0 bridgehead atoms. The van der Waals surface area contributed by atoms with Crippen LogP contribution < -0.4 is 19.7 Å². The molecule has 3 aromatic carbocycles. The molecule has 1 amide bonds. The maximum atomic E-state index is 14.0. The number of rotatable bonds is 11. The van der Waals surface area contributed by atoms with Crippen molar-refractivity contribution in [2.45, 2.75) is 30.6 Å². The molecule has 3 rings (SSSR count). The summed E-state index contributed by atoms with van der Waals surface area (Å²) in [6, 6.07) is 16.4. The minimum atomic E-state index is -4.17. The average Bonchev–Trinajstić information content (AvgIpc) is 2.90. The number of carbonyl (C=O) groups excluding carboxylic acids is 1. The van der Waals surface area contributed by atoms with Gasteiger partial charge in [0.05, 0.1) is 25.0 Å². The molecule has 8 nitrogen and oxygen atoms in total. The van der Waals surface area contributed by atoms with Gasteiger partial charge in [-0.05, 0) is 53.4 Å². The Morgan fingerprint density at radius 3 is 2.11 bits per heavy atom. The van der Waals surface area contributed by atoms with Gasteiger partial charge in [0.2, 0.25) is 5.91 Å². The summed E-state index contributed by atoms with van der Waals surface area (Å²) in [5, 5.41) is 8.07. The van der Waals surface area contributed by atoms with Gasteiger partial charge in [0.1, 0.15) is 23.4 Å². The molecule has 0 aliphatic rings. The van der Waals surface area contributed by atoms with Crippen LogP contribution in [0.2, 0.25) is 0 Å². The molecule has 2 unspecified atom stereocenters. The Morgan fingerprint density at radius 2 is 1.57 bits per heavy atom. The third kappa shape index (κ3) is 6.39. The highest BCUT2D eigenvalue weighted by Crippen LogP contribution is 2.41. The first-order chi connectivity index (χ1) is 17.6. The molecule has 0 spiro atoms. The second-order valence-electron chi connectivity index (χ2n) is 8.71. The lowest BCUT2D eigenvalue weighted by molar-refractivity contribution is -0.134. The number of sulfone groups is 1. The van der Waals surface area contributed by atoms with Gasteiger partial charge in [0.15, 0.2) is 21.3 Å². The van der Waals surface area contributed by atoms with Gasteiger partial charge >= 0.3 is 0 Å². The van der Waals surface area contributed by atoms with Crippen LogP contribution in [0, 0.1) is 17.7 Å². The second-order valence-corrected chi connectivity index (χ2v) is 10.8. The molecule has 10 heteroatoms. The molecule has 2 N–H and O–H groups in total. The molecule has 0 aliphatic carbocycles. The maximum Gasteiger partial charge on any atom is 0.248 e. The van der Waals surface area contributed by atoms with Crippen molar-refractivity contribution in [3.8, 4) is 17.2 Å². The molecule has 198 valence electrons. The highest BCUT2D eigenvalue weighted by molar-refractivity contribution is 7.91. The van der Waals surface area contributed by atoms with E-state index >= 15 is 0 Å². The van der Waals surface area contributed by atoms with Gasteiger partial charge in [-0.3, -0.25) is 10.0 Å².